The summed E-state index contributed by atoms with van der Waals surface area (Å²) in [5, 5.41) is 0. The van der Waals surface area contributed by atoms with E-state index in [0.717, 1.165) is 30.8 Å². The standard InChI is InChI=1S/C20H22F3N5O3S/c21-20(22,23)18-4-3-16(8-25-18)32(29,30)28-6-5-27-12-15(7-14(27)11-28)31-19-10-24-17(9-26-19)13-1-2-13/h3-4,8-10,13-15H,1-2,5-7,11-12H2/t14-,15+/m0/s1. The molecule has 0 aromatic carbocycles. The number of alkyl halides is 3. The van der Waals surface area contributed by atoms with E-state index in [4.69, 9.17) is 4.74 Å². The molecule has 32 heavy (non-hydrogen) atoms. The van der Waals surface area contributed by atoms with E-state index < -0.39 is 21.9 Å². The van der Waals surface area contributed by atoms with Crippen LogP contribution in [-0.4, -0.2) is 70.9 Å². The Bertz CT molecular complexity index is 1080. The number of pyridine rings is 1. The highest BCUT2D eigenvalue weighted by molar-refractivity contribution is 7.89. The van der Waals surface area contributed by atoms with Gasteiger partial charge in [-0.3, -0.25) is 14.9 Å². The SMILES string of the molecule is O=S(=O)(c1ccc(C(F)(F)F)nc1)N1CCN2C[C@H](Oc3cnc(C4CC4)cn3)C[C@H]2C1. The quantitative estimate of drug-likeness (QED) is 0.664. The fourth-order valence-electron chi connectivity index (χ4n) is 4.27. The fraction of sp³-hybridized carbons (Fsp3) is 0.550. The average Bonchev–Trinajstić information content (AvgIpc) is 3.53. The Morgan fingerprint density at radius 2 is 1.81 bits per heavy atom. The largest absolute Gasteiger partial charge is 0.472 e. The van der Waals surface area contributed by atoms with Gasteiger partial charge in [0.15, 0.2) is 0 Å². The summed E-state index contributed by atoms with van der Waals surface area (Å²) in [7, 11) is -3.93. The summed E-state index contributed by atoms with van der Waals surface area (Å²) in [6, 6.07) is 1.62. The zero-order valence-electron chi connectivity index (χ0n) is 17.1. The number of ether oxygens (including phenoxy) is 1. The molecule has 0 amide bonds. The first-order chi connectivity index (χ1) is 15.2. The van der Waals surface area contributed by atoms with Gasteiger partial charge in [0, 0.05) is 50.8 Å². The third-order valence-electron chi connectivity index (χ3n) is 6.14. The van der Waals surface area contributed by atoms with Gasteiger partial charge in [-0.1, -0.05) is 0 Å². The van der Waals surface area contributed by atoms with Crippen LogP contribution in [0.5, 0.6) is 5.88 Å². The molecule has 4 heterocycles. The van der Waals surface area contributed by atoms with Gasteiger partial charge in [0.2, 0.25) is 15.9 Å². The number of hydrogen-bond acceptors (Lipinski definition) is 7. The lowest BCUT2D eigenvalue weighted by Crippen LogP contribution is -2.51. The summed E-state index contributed by atoms with van der Waals surface area (Å²) in [6.07, 6.45) is 2.34. The molecule has 1 aliphatic carbocycles. The van der Waals surface area contributed by atoms with Gasteiger partial charge in [0.05, 0.1) is 18.1 Å². The van der Waals surface area contributed by atoms with Crippen molar-refractivity contribution in [1.29, 1.82) is 0 Å². The normalized spacial score (nSPS) is 25.0. The molecule has 12 heteroatoms. The van der Waals surface area contributed by atoms with Gasteiger partial charge in [-0.2, -0.15) is 17.5 Å². The maximum Gasteiger partial charge on any atom is 0.433 e. The van der Waals surface area contributed by atoms with E-state index in [1.807, 2.05) is 0 Å². The van der Waals surface area contributed by atoms with Crippen molar-refractivity contribution in [3.05, 3.63) is 42.1 Å². The summed E-state index contributed by atoms with van der Waals surface area (Å²) in [5.74, 6) is 0.976. The van der Waals surface area contributed by atoms with Crippen LogP contribution in [0.3, 0.4) is 0 Å². The highest BCUT2D eigenvalue weighted by Gasteiger charge is 2.41. The van der Waals surface area contributed by atoms with Crippen LogP contribution in [-0.2, 0) is 16.2 Å². The fourth-order valence-corrected chi connectivity index (χ4v) is 5.68. The maximum atomic E-state index is 12.9. The molecule has 2 saturated heterocycles. The number of rotatable bonds is 5. The van der Waals surface area contributed by atoms with Crippen LogP contribution in [0.4, 0.5) is 13.2 Å². The van der Waals surface area contributed by atoms with Gasteiger partial charge in [0.25, 0.3) is 0 Å². The molecule has 172 valence electrons. The Hall–Kier alpha value is -2.31. The number of piperazine rings is 1. The predicted octanol–water partition coefficient (Wildman–Crippen LogP) is 2.29. The van der Waals surface area contributed by atoms with Gasteiger partial charge >= 0.3 is 6.18 Å². The molecule has 1 saturated carbocycles. The van der Waals surface area contributed by atoms with E-state index in [2.05, 4.69) is 19.9 Å². The lowest BCUT2D eigenvalue weighted by molar-refractivity contribution is -0.141. The van der Waals surface area contributed by atoms with Crippen molar-refractivity contribution in [3.8, 4) is 5.88 Å². The van der Waals surface area contributed by atoms with E-state index in [1.54, 1.807) is 12.4 Å². The van der Waals surface area contributed by atoms with Gasteiger partial charge in [0.1, 0.15) is 16.7 Å². The van der Waals surface area contributed by atoms with Crippen molar-refractivity contribution < 1.29 is 26.3 Å². The molecule has 8 nitrogen and oxygen atoms in total. The molecule has 2 atom stereocenters. The van der Waals surface area contributed by atoms with Crippen LogP contribution in [0.25, 0.3) is 0 Å². The van der Waals surface area contributed by atoms with Crippen LogP contribution in [0, 0.1) is 0 Å². The molecule has 0 bridgehead atoms. The minimum atomic E-state index is -4.62. The monoisotopic (exact) mass is 469 g/mol. The zero-order valence-corrected chi connectivity index (χ0v) is 17.9. The zero-order chi connectivity index (χ0) is 22.5. The van der Waals surface area contributed by atoms with Crippen LogP contribution in [0.2, 0.25) is 0 Å². The first-order valence-corrected chi connectivity index (χ1v) is 11.9. The molecule has 2 aromatic heterocycles. The average molecular weight is 469 g/mol. The van der Waals surface area contributed by atoms with Crippen LogP contribution in [0.1, 0.15) is 36.6 Å². The maximum absolute atomic E-state index is 12.9. The van der Waals surface area contributed by atoms with Crippen LogP contribution >= 0.6 is 0 Å². The number of halogens is 3. The molecule has 3 fully saturated rings. The summed E-state index contributed by atoms with van der Waals surface area (Å²) in [5.41, 5.74) is -0.134. The minimum absolute atomic E-state index is 0.0374. The highest BCUT2D eigenvalue weighted by Crippen LogP contribution is 2.38. The summed E-state index contributed by atoms with van der Waals surface area (Å²) in [6.45, 7) is 1.68. The van der Waals surface area contributed by atoms with E-state index in [9.17, 15) is 21.6 Å². The predicted molar refractivity (Wildman–Crippen MR) is 106 cm³/mol. The third kappa shape index (κ3) is 4.30. The van der Waals surface area contributed by atoms with E-state index in [-0.39, 0.29) is 30.1 Å². The van der Waals surface area contributed by atoms with Gasteiger partial charge in [-0.15, -0.1) is 0 Å². The Labute approximate surface area is 183 Å². The third-order valence-corrected chi connectivity index (χ3v) is 7.98. The Morgan fingerprint density at radius 1 is 1.00 bits per heavy atom. The molecule has 2 aromatic rings. The molecule has 0 spiro atoms. The van der Waals surface area contributed by atoms with Crippen molar-refractivity contribution >= 4 is 10.0 Å². The van der Waals surface area contributed by atoms with Gasteiger partial charge < -0.3 is 4.74 Å². The number of aromatic nitrogens is 3. The van der Waals surface area contributed by atoms with Crippen LogP contribution < -0.4 is 4.74 Å². The summed E-state index contributed by atoms with van der Waals surface area (Å²) >= 11 is 0. The van der Waals surface area contributed by atoms with Crippen molar-refractivity contribution in [3.63, 3.8) is 0 Å². The molecular formula is C20H22F3N5O3S. The Balaban J connectivity index is 1.22. The number of nitrogens with zero attached hydrogens (tertiary/aromatic N) is 5. The summed E-state index contributed by atoms with van der Waals surface area (Å²) < 4.78 is 71.3. The van der Waals surface area contributed by atoms with Crippen molar-refractivity contribution in [2.24, 2.45) is 0 Å². The second-order valence-electron chi connectivity index (χ2n) is 8.42. The van der Waals surface area contributed by atoms with Crippen molar-refractivity contribution in [2.75, 3.05) is 26.2 Å². The first kappa shape index (κ1) is 21.5. The molecule has 2 aliphatic heterocycles. The molecule has 5 rings (SSSR count). The lowest BCUT2D eigenvalue weighted by Gasteiger charge is -2.36. The second-order valence-corrected chi connectivity index (χ2v) is 10.4. The lowest BCUT2D eigenvalue weighted by atomic mass is 10.2. The van der Waals surface area contributed by atoms with Gasteiger partial charge in [-0.05, 0) is 25.0 Å². The van der Waals surface area contributed by atoms with E-state index >= 15 is 0 Å². The topological polar surface area (TPSA) is 88.5 Å². The molecule has 0 N–H and O–H groups in total. The van der Waals surface area contributed by atoms with Crippen LogP contribution in [0.15, 0.2) is 35.6 Å². The molecule has 0 unspecified atom stereocenters. The summed E-state index contributed by atoms with van der Waals surface area (Å²) in [4.78, 5) is 14.0. The number of sulfonamides is 1. The minimum Gasteiger partial charge on any atom is -0.472 e. The smallest absolute Gasteiger partial charge is 0.433 e. The second kappa shape index (κ2) is 7.92. The van der Waals surface area contributed by atoms with Crippen molar-refractivity contribution in [1.82, 2.24) is 24.2 Å². The Kier molecular flexibility index (Phi) is 5.33. The Morgan fingerprint density at radius 3 is 2.44 bits per heavy atom. The highest BCUT2D eigenvalue weighted by atomic mass is 32.2. The van der Waals surface area contributed by atoms with E-state index in [0.29, 0.717) is 37.4 Å². The number of fused-ring (bicyclic) bond motifs is 1. The van der Waals surface area contributed by atoms with Crippen molar-refractivity contribution in [2.45, 2.75) is 48.4 Å². The van der Waals surface area contributed by atoms with E-state index in [1.165, 1.54) is 4.31 Å². The number of hydrogen-bond donors (Lipinski definition) is 0. The molecular weight excluding hydrogens is 447 g/mol. The van der Waals surface area contributed by atoms with Gasteiger partial charge in [-0.25, -0.2) is 13.4 Å². The molecule has 0 radical (unpaired) electrons. The first-order valence-electron chi connectivity index (χ1n) is 10.5. The molecule has 3 aliphatic rings.